The van der Waals surface area contributed by atoms with E-state index >= 15 is 0 Å². The van der Waals surface area contributed by atoms with E-state index in [1.54, 1.807) is 0 Å². The monoisotopic (exact) mass is 201 g/mol. The lowest BCUT2D eigenvalue weighted by Crippen LogP contribution is -2.09. The fourth-order valence-electron chi connectivity index (χ4n) is 1.93. The van der Waals surface area contributed by atoms with Crippen molar-refractivity contribution in [1.29, 1.82) is 0 Å². The van der Waals surface area contributed by atoms with Crippen LogP contribution in [0.4, 0.5) is 5.69 Å². The third kappa shape index (κ3) is 1.94. The first-order chi connectivity index (χ1) is 7.20. The minimum absolute atomic E-state index is 0.108. The Morgan fingerprint density at radius 1 is 1.33 bits per heavy atom. The van der Waals surface area contributed by atoms with Gasteiger partial charge in [0.15, 0.2) is 0 Å². The summed E-state index contributed by atoms with van der Waals surface area (Å²) in [7, 11) is 0. The van der Waals surface area contributed by atoms with Gasteiger partial charge in [0.05, 0.1) is 0 Å². The maximum Gasteiger partial charge on any atom is 0.224 e. The number of carbonyl (C=O) groups excluding carboxylic acids is 1. The average molecular weight is 201 g/mol. The smallest absolute Gasteiger partial charge is 0.224 e. The maximum absolute atomic E-state index is 11.5. The first-order valence-corrected chi connectivity index (χ1v) is 5.27. The van der Waals surface area contributed by atoms with Crippen molar-refractivity contribution in [1.82, 2.24) is 0 Å². The quantitative estimate of drug-likeness (QED) is 0.686. The zero-order valence-corrected chi connectivity index (χ0v) is 9.13. The Balaban J connectivity index is 2.55. The molecule has 0 bridgehead atoms. The van der Waals surface area contributed by atoms with Crippen molar-refractivity contribution in [3.05, 3.63) is 35.4 Å². The Hall–Kier alpha value is -1.57. The van der Waals surface area contributed by atoms with Crippen molar-refractivity contribution in [2.75, 3.05) is 5.32 Å². The van der Waals surface area contributed by atoms with Crippen molar-refractivity contribution in [3.63, 3.8) is 0 Å². The fourth-order valence-corrected chi connectivity index (χ4v) is 1.93. The van der Waals surface area contributed by atoms with Gasteiger partial charge in [-0.05, 0) is 38.0 Å². The van der Waals surface area contributed by atoms with Crippen LogP contribution in [0.2, 0.25) is 0 Å². The lowest BCUT2D eigenvalue weighted by molar-refractivity contribution is -0.116. The van der Waals surface area contributed by atoms with Crippen molar-refractivity contribution >= 4 is 17.2 Å². The molecule has 78 valence electrons. The molecule has 0 radical (unpaired) electrons. The Morgan fingerprint density at radius 3 is 2.87 bits per heavy atom. The van der Waals surface area contributed by atoms with E-state index < -0.39 is 0 Å². The van der Waals surface area contributed by atoms with Gasteiger partial charge in [-0.1, -0.05) is 17.7 Å². The molecule has 1 amide bonds. The number of fused-ring (bicyclic) bond motifs is 1. The summed E-state index contributed by atoms with van der Waals surface area (Å²) >= 11 is 0. The van der Waals surface area contributed by atoms with Crippen molar-refractivity contribution < 1.29 is 4.79 Å². The third-order valence-electron chi connectivity index (χ3n) is 2.76. The first-order valence-electron chi connectivity index (χ1n) is 5.27. The van der Waals surface area contributed by atoms with Crippen LogP contribution in [0.3, 0.4) is 0 Å². The number of anilines is 1. The van der Waals surface area contributed by atoms with E-state index in [4.69, 9.17) is 0 Å². The predicted molar refractivity (Wildman–Crippen MR) is 62.7 cm³/mol. The van der Waals surface area contributed by atoms with E-state index in [1.807, 2.05) is 19.1 Å². The maximum atomic E-state index is 11.5. The molecule has 0 aliphatic carbocycles. The lowest BCUT2D eigenvalue weighted by atomic mass is 9.99. The molecule has 1 aromatic carbocycles. The summed E-state index contributed by atoms with van der Waals surface area (Å²) < 4.78 is 0. The van der Waals surface area contributed by atoms with E-state index in [0.717, 1.165) is 12.1 Å². The molecule has 0 fully saturated rings. The fraction of sp³-hybridized carbons (Fsp3) is 0.308. The molecule has 2 rings (SSSR count). The van der Waals surface area contributed by atoms with Crippen LogP contribution in [0.1, 0.15) is 30.9 Å². The zero-order valence-electron chi connectivity index (χ0n) is 9.13. The van der Waals surface area contributed by atoms with Crippen LogP contribution in [0.25, 0.3) is 5.57 Å². The number of carbonyl (C=O) groups is 1. The zero-order chi connectivity index (χ0) is 10.8. The highest BCUT2D eigenvalue weighted by Crippen LogP contribution is 2.31. The molecular formula is C13H15NO. The summed E-state index contributed by atoms with van der Waals surface area (Å²) in [5, 5.41) is 2.93. The van der Waals surface area contributed by atoms with Crippen LogP contribution < -0.4 is 5.32 Å². The second kappa shape index (κ2) is 3.89. The number of hydrogen-bond donors (Lipinski definition) is 1. The largest absolute Gasteiger partial charge is 0.326 e. The molecular weight excluding hydrogens is 186 g/mol. The molecule has 1 heterocycles. The van der Waals surface area contributed by atoms with Gasteiger partial charge in [0.2, 0.25) is 5.91 Å². The van der Waals surface area contributed by atoms with Gasteiger partial charge >= 0.3 is 0 Å². The summed E-state index contributed by atoms with van der Waals surface area (Å²) in [5.74, 6) is 0.108. The molecule has 1 aliphatic heterocycles. The summed E-state index contributed by atoms with van der Waals surface area (Å²) in [4.78, 5) is 11.5. The standard InChI is InChI=1S/C13H15NO/c1-3-10-5-7-13(15)14-12-6-4-9(2)8-11(10)12/h3-4,6,8H,5,7H2,1-2H3,(H,14,15). The van der Waals surface area contributed by atoms with Gasteiger partial charge in [-0.25, -0.2) is 0 Å². The number of allylic oxidation sites excluding steroid dienone is 2. The Labute approximate surface area is 90.0 Å². The molecule has 2 heteroatoms. The number of nitrogens with one attached hydrogen (secondary N) is 1. The minimum Gasteiger partial charge on any atom is -0.326 e. The molecule has 0 saturated carbocycles. The van der Waals surface area contributed by atoms with Gasteiger partial charge in [0, 0.05) is 17.7 Å². The Kier molecular flexibility index (Phi) is 2.58. The minimum atomic E-state index is 0.108. The van der Waals surface area contributed by atoms with Crippen LogP contribution in [0, 0.1) is 6.92 Å². The summed E-state index contributed by atoms with van der Waals surface area (Å²) in [6.07, 6.45) is 3.50. The topological polar surface area (TPSA) is 29.1 Å². The average Bonchev–Trinajstić information content (AvgIpc) is 2.37. The van der Waals surface area contributed by atoms with E-state index in [0.29, 0.717) is 6.42 Å². The van der Waals surface area contributed by atoms with Crippen molar-refractivity contribution in [3.8, 4) is 0 Å². The summed E-state index contributed by atoms with van der Waals surface area (Å²) in [5.41, 5.74) is 4.59. The molecule has 0 atom stereocenters. The second-order valence-corrected chi connectivity index (χ2v) is 3.91. The normalized spacial score (nSPS) is 18.3. The molecule has 0 unspecified atom stereocenters. The lowest BCUT2D eigenvalue weighted by Gasteiger charge is -2.09. The predicted octanol–water partition coefficient (Wildman–Crippen LogP) is 3.13. The molecule has 0 saturated heterocycles. The molecule has 1 aromatic rings. The number of hydrogen-bond acceptors (Lipinski definition) is 1. The highest BCUT2D eigenvalue weighted by molar-refractivity contribution is 5.97. The highest BCUT2D eigenvalue weighted by Gasteiger charge is 2.15. The van der Waals surface area contributed by atoms with Crippen LogP contribution in [-0.4, -0.2) is 5.91 Å². The van der Waals surface area contributed by atoms with Gasteiger partial charge in [-0.2, -0.15) is 0 Å². The van der Waals surface area contributed by atoms with Gasteiger partial charge in [0.1, 0.15) is 0 Å². The number of rotatable bonds is 0. The van der Waals surface area contributed by atoms with Gasteiger partial charge in [0.25, 0.3) is 0 Å². The number of benzene rings is 1. The molecule has 0 aromatic heterocycles. The van der Waals surface area contributed by atoms with Gasteiger partial charge < -0.3 is 5.32 Å². The summed E-state index contributed by atoms with van der Waals surface area (Å²) in [6.45, 7) is 4.09. The van der Waals surface area contributed by atoms with Crippen LogP contribution >= 0.6 is 0 Å². The van der Waals surface area contributed by atoms with E-state index in [2.05, 4.69) is 24.4 Å². The molecule has 0 spiro atoms. The van der Waals surface area contributed by atoms with Crippen LogP contribution in [-0.2, 0) is 4.79 Å². The van der Waals surface area contributed by atoms with Crippen LogP contribution in [0.15, 0.2) is 24.3 Å². The van der Waals surface area contributed by atoms with Gasteiger partial charge in [-0.3, -0.25) is 4.79 Å². The van der Waals surface area contributed by atoms with Gasteiger partial charge in [-0.15, -0.1) is 0 Å². The number of amides is 1. The van der Waals surface area contributed by atoms with E-state index in [9.17, 15) is 4.79 Å². The number of aryl methyl sites for hydroxylation is 1. The SMILES string of the molecule is CC=C1CCC(=O)Nc2ccc(C)cc21. The first kappa shape index (κ1) is 9.97. The Morgan fingerprint density at radius 2 is 2.13 bits per heavy atom. The van der Waals surface area contributed by atoms with E-state index in [1.165, 1.54) is 16.7 Å². The molecule has 1 N–H and O–H groups in total. The molecule has 1 aliphatic rings. The Bertz CT molecular complexity index is 432. The van der Waals surface area contributed by atoms with Crippen molar-refractivity contribution in [2.45, 2.75) is 26.7 Å². The summed E-state index contributed by atoms with van der Waals surface area (Å²) in [6, 6.07) is 6.14. The van der Waals surface area contributed by atoms with Crippen molar-refractivity contribution in [2.24, 2.45) is 0 Å². The molecule has 2 nitrogen and oxygen atoms in total. The third-order valence-corrected chi connectivity index (χ3v) is 2.76. The highest BCUT2D eigenvalue weighted by atomic mass is 16.1. The van der Waals surface area contributed by atoms with E-state index in [-0.39, 0.29) is 5.91 Å². The van der Waals surface area contributed by atoms with Crippen LogP contribution in [0.5, 0.6) is 0 Å². The second-order valence-electron chi connectivity index (χ2n) is 3.91. The molecule has 15 heavy (non-hydrogen) atoms.